The van der Waals surface area contributed by atoms with Gasteiger partial charge in [0.25, 0.3) is 0 Å². The molecule has 0 fully saturated rings. The van der Waals surface area contributed by atoms with Gasteiger partial charge in [0, 0.05) is 11.4 Å². The van der Waals surface area contributed by atoms with Crippen molar-refractivity contribution in [2.24, 2.45) is 10.8 Å². The maximum absolute atomic E-state index is 10.5. The fourth-order valence-corrected chi connectivity index (χ4v) is 2.08. The molecule has 7 heteroatoms. The highest BCUT2D eigenvalue weighted by Crippen LogP contribution is 2.21. The molecule has 0 spiro atoms. The van der Waals surface area contributed by atoms with Gasteiger partial charge in [-0.05, 0) is 60.5 Å². The molecule has 132 valence electrons. The predicted octanol–water partition coefficient (Wildman–Crippen LogP) is 3.50. The SMILES string of the molecule is Cc1cc(OCCCOc2ccc(/C=N\NC(N)=O)cc2)ccc1Cl. The van der Waals surface area contributed by atoms with Gasteiger partial charge in [-0.15, -0.1) is 0 Å². The average Bonchev–Trinajstić information content (AvgIpc) is 2.59. The number of benzene rings is 2. The van der Waals surface area contributed by atoms with E-state index in [1.54, 1.807) is 0 Å². The summed E-state index contributed by atoms with van der Waals surface area (Å²) in [5.74, 6) is 1.55. The van der Waals surface area contributed by atoms with Crippen molar-refractivity contribution in [2.75, 3.05) is 13.2 Å². The molecule has 0 aromatic heterocycles. The number of carbonyl (C=O) groups is 1. The first-order valence-corrected chi connectivity index (χ1v) is 8.13. The van der Waals surface area contributed by atoms with E-state index in [0.717, 1.165) is 34.1 Å². The van der Waals surface area contributed by atoms with Crippen LogP contribution >= 0.6 is 11.6 Å². The lowest BCUT2D eigenvalue weighted by Gasteiger charge is -2.09. The Balaban J connectivity index is 1.68. The Morgan fingerprint density at radius 1 is 1.16 bits per heavy atom. The molecule has 0 aliphatic heterocycles. The van der Waals surface area contributed by atoms with Gasteiger partial charge in [-0.1, -0.05) is 11.6 Å². The summed E-state index contributed by atoms with van der Waals surface area (Å²) in [7, 11) is 0. The monoisotopic (exact) mass is 361 g/mol. The smallest absolute Gasteiger partial charge is 0.332 e. The second-order valence-corrected chi connectivity index (χ2v) is 5.67. The quantitative estimate of drug-likeness (QED) is 0.428. The predicted molar refractivity (Wildman–Crippen MR) is 98.6 cm³/mol. The summed E-state index contributed by atoms with van der Waals surface area (Å²) in [6.07, 6.45) is 2.25. The van der Waals surface area contributed by atoms with E-state index in [0.29, 0.717) is 13.2 Å². The third-order valence-electron chi connectivity index (χ3n) is 3.22. The van der Waals surface area contributed by atoms with Gasteiger partial charge in [0.1, 0.15) is 11.5 Å². The molecule has 0 atom stereocenters. The molecule has 25 heavy (non-hydrogen) atoms. The number of nitrogens with two attached hydrogens (primary N) is 1. The second kappa shape index (κ2) is 9.54. The van der Waals surface area contributed by atoms with Gasteiger partial charge in [-0.2, -0.15) is 5.10 Å². The van der Waals surface area contributed by atoms with Gasteiger partial charge in [0.2, 0.25) is 0 Å². The van der Waals surface area contributed by atoms with Gasteiger partial charge >= 0.3 is 6.03 Å². The molecule has 2 aromatic rings. The van der Waals surface area contributed by atoms with E-state index < -0.39 is 6.03 Å². The van der Waals surface area contributed by atoms with E-state index in [-0.39, 0.29) is 0 Å². The van der Waals surface area contributed by atoms with Gasteiger partial charge in [0.15, 0.2) is 0 Å². The van der Waals surface area contributed by atoms with Crippen LogP contribution in [-0.2, 0) is 0 Å². The minimum atomic E-state index is -0.702. The third kappa shape index (κ3) is 6.73. The summed E-state index contributed by atoms with van der Waals surface area (Å²) in [4.78, 5) is 10.5. The number of aryl methyl sites for hydroxylation is 1. The zero-order valence-corrected chi connectivity index (χ0v) is 14.6. The highest BCUT2D eigenvalue weighted by Gasteiger charge is 1.99. The second-order valence-electron chi connectivity index (χ2n) is 5.26. The minimum absolute atomic E-state index is 0.545. The Labute approximate surface area is 151 Å². The lowest BCUT2D eigenvalue weighted by Crippen LogP contribution is -2.24. The number of hydrogen-bond acceptors (Lipinski definition) is 4. The van der Waals surface area contributed by atoms with Crippen LogP contribution in [0.3, 0.4) is 0 Å². The molecule has 2 rings (SSSR count). The van der Waals surface area contributed by atoms with Crippen LogP contribution in [0.1, 0.15) is 17.5 Å². The Hall–Kier alpha value is -2.73. The van der Waals surface area contributed by atoms with E-state index in [9.17, 15) is 4.79 Å². The summed E-state index contributed by atoms with van der Waals surface area (Å²) < 4.78 is 11.3. The Kier molecular flexibility index (Phi) is 7.10. The van der Waals surface area contributed by atoms with Crippen molar-refractivity contribution < 1.29 is 14.3 Å². The van der Waals surface area contributed by atoms with Gasteiger partial charge in [0.05, 0.1) is 19.4 Å². The molecule has 0 aliphatic carbocycles. The maximum atomic E-state index is 10.5. The zero-order valence-electron chi connectivity index (χ0n) is 13.9. The fraction of sp³-hybridized carbons (Fsp3) is 0.222. The van der Waals surface area contributed by atoms with Gasteiger partial charge in [-0.3, -0.25) is 0 Å². The highest BCUT2D eigenvalue weighted by molar-refractivity contribution is 6.31. The number of rotatable bonds is 8. The van der Waals surface area contributed by atoms with Crippen LogP contribution in [0.4, 0.5) is 4.79 Å². The van der Waals surface area contributed by atoms with Crippen LogP contribution in [0.5, 0.6) is 11.5 Å². The standard InChI is InChI=1S/C18H20ClN3O3/c1-13-11-16(7-8-17(13)19)25-10-2-9-24-15-5-3-14(4-6-15)12-21-22-18(20)23/h3-8,11-12H,2,9-10H2,1H3,(H3,20,22,23)/b21-12-. The number of carbonyl (C=O) groups excluding carboxylic acids is 1. The summed E-state index contributed by atoms with van der Waals surface area (Å²) in [5.41, 5.74) is 8.86. The number of urea groups is 1. The first-order valence-electron chi connectivity index (χ1n) is 7.75. The van der Waals surface area contributed by atoms with Crippen molar-refractivity contribution in [3.8, 4) is 11.5 Å². The molecule has 3 N–H and O–H groups in total. The number of amides is 2. The average molecular weight is 362 g/mol. The van der Waals surface area contributed by atoms with Crippen LogP contribution in [-0.4, -0.2) is 25.5 Å². The number of hydrogen-bond donors (Lipinski definition) is 2. The first kappa shape index (κ1) is 18.6. The van der Waals surface area contributed by atoms with Crippen LogP contribution in [0, 0.1) is 6.92 Å². The molecule has 0 bridgehead atoms. The highest BCUT2D eigenvalue weighted by atomic mass is 35.5. The number of nitrogens with zero attached hydrogens (tertiary/aromatic N) is 1. The molecule has 6 nitrogen and oxygen atoms in total. The number of nitrogens with one attached hydrogen (secondary N) is 1. The van der Waals surface area contributed by atoms with E-state index in [1.165, 1.54) is 6.21 Å². The van der Waals surface area contributed by atoms with Crippen LogP contribution in [0.15, 0.2) is 47.6 Å². The summed E-state index contributed by atoms with van der Waals surface area (Å²) in [6, 6.07) is 12.2. The van der Waals surface area contributed by atoms with E-state index in [2.05, 4.69) is 10.5 Å². The number of primary amides is 1. The molecule has 0 radical (unpaired) electrons. The molecule has 0 unspecified atom stereocenters. The minimum Gasteiger partial charge on any atom is -0.493 e. The van der Waals surface area contributed by atoms with Crippen molar-refractivity contribution >= 4 is 23.8 Å². The lowest BCUT2D eigenvalue weighted by atomic mass is 10.2. The molecule has 0 aliphatic rings. The van der Waals surface area contributed by atoms with Crippen molar-refractivity contribution in [2.45, 2.75) is 13.3 Å². The molecule has 0 heterocycles. The first-order chi connectivity index (χ1) is 12.0. The van der Waals surface area contributed by atoms with Crippen molar-refractivity contribution in [3.05, 3.63) is 58.6 Å². The summed E-state index contributed by atoms with van der Waals surface area (Å²) >= 11 is 5.98. The molecular formula is C18H20ClN3O3. The third-order valence-corrected chi connectivity index (χ3v) is 3.65. The van der Waals surface area contributed by atoms with Crippen LogP contribution < -0.4 is 20.6 Å². The van der Waals surface area contributed by atoms with Gasteiger partial charge in [-0.25, -0.2) is 10.2 Å². The number of hydrazone groups is 1. The van der Waals surface area contributed by atoms with E-state index in [4.69, 9.17) is 26.8 Å². The Morgan fingerprint density at radius 2 is 1.80 bits per heavy atom. The Morgan fingerprint density at radius 3 is 2.44 bits per heavy atom. The zero-order chi connectivity index (χ0) is 18.1. The van der Waals surface area contributed by atoms with E-state index >= 15 is 0 Å². The molecule has 0 saturated heterocycles. The molecule has 0 saturated carbocycles. The normalized spacial score (nSPS) is 10.6. The largest absolute Gasteiger partial charge is 0.493 e. The Bertz CT molecular complexity index is 733. The van der Waals surface area contributed by atoms with Gasteiger partial charge < -0.3 is 15.2 Å². The fourth-order valence-electron chi connectivity index (χ4n) is 1.97. The molecule has 2 aromatic carbocycles. The molecular weight excluding hydrogens is 342 g/mol. The summed E-state index contributed by atoms with van der Waals surface area (Å²) in [6.45, 7) is 3.05. The lowest BCUT2D eigenvalue weighted by molar-refractivity contribution is 0.247. The summed E-state index contributed by atoms with van der Waals surface area (Å²) in [5, 5.41) is 4.41. The topological polar surface area (TPSA) is 85.9 Å². The number of halogens is 1. The van der Waals surface area contributed by atoms with Crippen molar-refractivity contribution in [1.82, 2.24) is 5.43 Å². The number of ether oxygens (including phenoxy) is 2. The van der Waals surface area contributed by atoms with Crippen LogP contribution in [0.2, 0.25) is 5.02 Å². The van der Waals surface area contributed by atoms with Crippen molar-refractivity contribution in [3.63, 3.8) is 0 Å². The van der Waals surface area contributed by atoms with Crippen LogP contribution in [0.25, 0.3) is 0 Å². The maximum Gasteiger partial charge on any atom is 0.332 e. The molecule has 2 amide bonds. The van der Waals surface area contributed by atoms with E-state index in [1.807, 2.05) is 49.4 Å². The van der Waals surface area contributed by atoms with Crippen molar-refractivity contribution in [1.29, 1.82) is 0 Å².